The summed E-state index contributed by atoms with van der Waals surface area (Å²) in [5.74, 6) is -9.17. The van der Waals surface area contributed by atoms with Crippen molar-refractivity contribution in [3.05, 3.63) is 0 Å². The van der Waals surface area contributed by atoms with Gasteiger partial charge in [0.15, 0.2) is 12.1 Å². The van der Waals surface area contributed by atoms with Crippen LogP contribution in [0.3, 0.4) is 0 Å². The van der Waals surface area contributed by atoms with Gasteiger partial charge >= 0.3 is 0 Å². The molecule has 0 bridgehead atoms. The van der Waals surface area contributed by atoms with Gasteiger partial charge in [-0.15, -0.1) is 0 Å². The summed E-state index contributed by atoms with van der Waals surface area (Å²) in [6.07, 6.45) is -7.84. The lowest BCUT2D eigenvalue weighted by Gasteiger charge is -2.47. The molecule has 0 aromatic rings. The van der Waals surface area contributed by atoms with Gasteiger partial charge < -0.3 is 76.1 Å². The number of aliphatic carboxylic acids is 2. The van der Waals surface area contributed by atoms with Gasteiger partial charge in [0.2, 0.25) is 29.4 Å². The predicted octanol–water partition coefficient (Wildman–Crippen LogP) is -7.62. The fourth-order valence-corrected chi connectivity index (χ4v) is 4.42. The zero-order valence-electron chi connectivity index (χ0n) is 26.2. The first kappa shape index (κ1) is 42.2. The summed E-state index contributed by atoms with van der Waals surface area (Å²) in [4.78, 5) is 74.3. The van der Waals surface area contributed by atoms with Crippen molar-refractivity contribution in [2.45, 2.75) is 122 Å². The molecule has 4 amide bonds. The minimum Gasteiger partial charge on any atom is -0.544 e. The molecule has 20 heteroatoms. The van der Waals surface area contributed by atoms with Gasteiger partial charge in [0.1, 0.15) is 30.2 Å². The first-order valence-electron chi connectivity index (χ1n) is 13.7. The second kappa shape index (κ2) is 18.4. The van der Waals surface area contributed by atoms with E-state index in [9.17, 15) is 69.3 Å². The SMILES string of the molecule is CC(=O)C(=O)[O-].CC(=O)NC1C(O)OC(C)[C@@H](NC(C)=O)[C@@H]1O.CC(=O)N[C@@H]1C(O)CC(O)(C(=O)[O-])OC1[C@H](NC(C)=O)[C@@H](C)O. The van der Waals surface area contributed by atoms with Crippen molar-refractivity contribution in [3.8, 4) is 0 Å². The first-order valence-corrected chi connectivity index (χ1v) is 13.7. The van der Waals surface area contributed by atoms with Gasteiger partial charge in [-0.25, -0.2) is 0 Å². The standard InChI is InChI=1S/C13H22N2O8.C10H18N2O5.C3H4O3/c1-5(16)9(14-6(2)17)11-10(15-7(3)18)8(19)4-13(22,23-11)12(20)21;1-4-7(11-5(2)13)9(15)8(10(16)17-4)12-6(3)14;1-2(4)3(5)6/h5,8-11,16,19,22H,4H2,1-3H3,(H,14,17)(H,15,18)(H,20,21);4,7-10,15-16H,1-3H3,(H,11,13)(H,12,14);1H3,(H,5,6)/p-2/t5-,8?,9-,10-,11?,13?;4?,7-,8?,9+,10?;/m11./s1. The Hall–Kier alpha value is -3.79. The van der Waals surface area contributed by atoms with Gasteiger partial charge in [-0.1, -0.05) is 0 Å². The number of ether oxygens (including phenoxy) is 2. The molecule has 2 fully saturated rings. The summed E-state index contributed by atoms with van der Waals surface area (Å²) in [7, 11) is 0. The minimum atomic E-state index is -2.81. The van der Waals surface area contributed by atoms with Crippen LogP contribution in [-0.4, -0.2) is 134 Å². The number of aliphatic hydroxyl groups excluding tert-OH is 4. The first-order chi connectivity index (χ1) is 20.9. The third kappa shape index (κ3) is 13.3. The molecule has 2 heterocycles. The van der Waals surface area contributed by atoms with Crippen LogP contribution >= 0.6 is 0 Å². The average Bonchev–Trinajstić information content (AvgIpc) is 2.89. The molecular formula is C26H42N4O16-2. The molecule has 0 spiro atoms. The molecule has 9 N–H and O–H groups in total. The van der Waals surface area contributed by atoms with Gasteiger partial charge in [0.25, 0.3) is 0 Å². The van der Waals surface area contributed by atoms with Gasteiger partial charge in [0.05, 0.1) is 36.4 Å². The third-order valence-electron chi connectivity index (χ3n) is 6.45. The number of amides is 4. The molecule has 2 saturated heterocycles. The van der Waals surface area contributed by atoms with Gasteiger partial charge in [-0.2, -0.15) is 0 Å². The maximum absolute atomic E-state index is 11.3. The molecule has 2 aliphatic heterocycles. The lowest BCUT2D eigenvalue weighted by Crippen LogP contribution is -2.70. The van der Waals surface area contributed by atoms with E-state index in [1.54, 1.807) is 6.92 Å². The maximum atomic E-state index is 11.3. The molecule has 0 aromatic heterocycles. The summed E-state index contributed by atoms with van der Waals surface area (Å²) in [5, 5.41) is 79.4. The summed E-state index contributed by atoms with van der Waals surface area (Å²) < 4.78 is 10.2. The van der Waals surface area contributed by atoms with Crippen LogP contribution < -0.4 is 31.5 Å². The van der Waals surface area contributed by atoms with Crippen LogP contribution in [0.5, 0.6) is 0 Å². The molecule has 20 nitrogen and oxygen atoms in total. The highest BCUT2D eigenvalue weighted by atomic mass is 16.7. The quantitative estimate of drug-likeness (QED) is 0.109. The van der Waals surface area contributed by atoms with Crippen LogP contribution in [-0.2, 0) is 43.0 Å². The van der Waals surface area contributed by atoms with E-state index in [0.29, 0.717) is 0 Å². The van der Waals surface area contributed by atoms with E-state index >= 15 is 0 Å². The number of carboxylic acid groups (broad SMARTS) is 2. The van der Waals surface area contributed by atoms with Crippen LogP contribution in [0.1, 0.15) is 54.9 Å². The topological polar surface area (TPSA) is 333 Å². The zero-order valence-corrected chi connectivity index (χ0v) is 26.2. The Bertz CT molecular complexity index is 1060. The average molecular weight is 667 g/mol. The number of hydrogen-bond donors (Lipinski definition) is 9. The molecule has 2 rings (SSSR count). The number of carbonyl (C=O) groups is 7. The molecule has 0 aromatic carbocycles. The highest BCUT2D eigenvalue weighted by Gasteiger charge is 2.51. The highest BCUT2D eigenvalue weighted by molar-refractivity contribution is 6.30. The zero-order chi connectivity index (χ0) is 36.3. The van der Waals surface area contributed by atoms with Crippen LogP contribution in [0, 0.1) is 0 Å². The Morgan fingerprint density at radius 3 is 1.61 bits per heavy atom. The van der Waals surface area contributed by atoms with E-state index < -0.39 is 109 Å². The Labute approximate surface area is 263 Å². The fraction of sp³-hybridized carbons (Fsp3) is 0.731. The Morgan fingerprint density at radius 1 is 0.804 bits per heavy atom. The number of rotatable bonds is 8. The van der Waals surface area contributed by atoms with Crippen molar-refractivity contribution in [2.24, 2.45) is 0 Å². The number of hydrogen-bond acceptors (Lipinski definition) is 16. The molecule has 264 valence electrons. The van der Waals surface area contributed by atoms with E-state index in [1.807, 2.05) is 0 Å². The molecule has 0 saturated carbocycles. The lowest BCUT2D eigenvalue weighted by molar-refractivity contribution is -0.370. The highest BCUT2D eigenvalue weighted by Crippen LogP contribution is 2.30. The molecule has 11 atom stereocenters. The summed E-state index contributed by atoms with van der Waals surface area (Å²) in [6.45, 7) is 8.77. The Morgan fingerprint density at radius 2 is 1.24 bits per heavy atom. The van der Waals surface area contributed by atoms with E-state index in [4.69, 9.17) is 9.47 Å². The van der Waals surface area contributed by atoms with E-state index in [0.717, 1.165) is 13.8 Å². The second-order valence-electron chi connectivity index (χ2n) is 10.6. The van der Waals surface area contributed by atoms with Gasteiger partial charge in [-0.05, 0) is 13.8 Å². The lowest BCUT2D eigenvalue weighted by atomic mass is 9.87. The van der Waals surface area contributed by atoms with Crippen molar-refractivity contribution in [1.29, 1.82) is 0 Å². The molecule has 46 heavy (non-hydrogen) atoms. The number of carbonyl (C=O) groups excluding carboxylic acids is 7. The molecular weight excluding hydrogens is 624 g/mol. The van der Waals surface area contributed by atoms with E-state index in [-0.39, 0.29) is 5.91 Å². The number of Topliss-reactive ketones (excluding diaryl/α,β-unsaturated/α-hetero) is 1. The molecule has 0 radical (unpaired) electrons. The van der Waals surface area contributed by atoms with Crippen molar-refractivity contribution in [1.82, 2.24) is 21.3 Å². The van der Waals surface area contributed by atoms with Crippen molar-refractivity contribution < 1.29 is 78.8 Å². The van der Waals surface area contributed by atoms with Crippen molar-refractivity contribution in [3.63, 3.8) is 0 Å². The fourth-order valence-electron chi connectivity index (χ4n) is 4.42. The number of aliphatic hydroxyl groups is 5. The Balaban J connectivity index is 0.000000770. The number of nitrogens with one attached hydrogen (secondary N) is 4. The maximum Gasteiger partial charge on any atom is 0.217 e. The molecule has 2 aliphatic rings. The normalized spacial score (nSPS) is 31.5. The third-order valence-corrected chi connectivity index (χ3v) is 6.45. The smallest absolute Gasteiger partial charge is 0.217 e. The summed E-state index contributed by atoms with van der Waals surface area (Å²) in [5.41, 5.74) is 0. The summed E-state index contributed by atoms with van der Waals surface area (Å²) >= 11 is 0. The molecule has 6 unspecified atom stereocenters. The van der Waals surface area contributed by atoms with E-state index in [2.05, 4.69) is 21.3 Å². The summed E-state index contributed by atoms with van der Waals surface area (Å²) in [6, 6.07) is -3.97. The van der Waals surface area contributed by atoms with Crippen LogP contribution in [0.15, 0.2) is 0 Å². The number of carboxylic acids is 2. The van der Waals surface area contributed by atoms with E-state index in [1.165, 1.54) is 27.7 Å². The van der Waals surface area contributed by atoms with Crippen molar-refractivity contribution >= 4 is 41.4 Å². The minimum absolute atomic E-state index is 0.317. The second-order valence-corrected chi connectivity index (χ2v) is 10.6. The van der Waals surface area contributed by atoms with Gasteiger partial charge in [-0.3, -0.25) is 24.0 Å². The molecule has 0 aliphatic carbocycles. The monoisotopic (exact) mass is 666 g/mol. The van der Waals surface area contributed by atoms with Crippen molar-refractivity contribution in [2.75, 3.05) is 0 Å². The van der Waals surface area contributed by atoms with Crippen LogP contribution in [0.2, 0.25) is 0 Å². The van der Waals surface area contributed by atoms with Crippen LogP contribution in [0.4, 0.5) is 0 Å². The van der Waals surface area contributed by atoms with Gasteiger partial charge in [0, 0.05) is 41.0 Å². The largest absolute Gasteiger partial charge is 0.544 e. The predicted molar refractivity (Wildman–Crippen MR) is 146 cm³/mol. The number of ketones is 1. The van der Waals surface area contributed by atoms with Crippen LogP contribution in [0.25, 0.3) is 0 Å². The Kier molecular flexibility index (Phi) is 16.9.